The molecule has 0 aliphatic carbocycles. The standard InChI is InChI=1S/C15H11Cl2NOS/c16-10-5-9(6-11(17)7-10)14-8-15(19)18-12-3-1-2-4-13(12)20-14/h1-7,14H,8H2,(H,18,19). The second kappa shape index (κ2) is 5.68. The summed E-state index contributed by atoms with van der Waals surface area (Å²) >= 11 is 13.8. The summed E-state index contributed by atoms with van der Waals surface area (Å²) in [4.78, 5) is 13.1. The molecule has 1 unspecified atom stereocenters. The van der Waals surface area contributed by atoms with Crippen LogP contribution in [-0.4, -0.2) is 5.91 Å². The van der Waals surface area contributed by atoms with Crippen molar-refractivity contribution < 1.29 is 4.79 Å². The number of hydrogen-bond donors (Lipinski definition) is 1. The second-order valence-electron chi connectivity index (χ2n) is 4.56. The number of thioether (sulfide) groups is 1. The molecule has 5 heteroatoms. The zero-order valence-corrected chi connectivity index (χ0v) is 12.7. The molecular formula is C15H11Cl2NOS. The smallest absolute Gasteiger partial charge is 0.225 e. The molecule has 0 aromatic heterocycles. The molecular weight excluding hydrogens is 313 g/mol. The van der Waals surface area contributed by atoms with Crippen LogP contribution in [0.3, 0.4) is 0 Å². The lowest BCUT2D eigenvalue weighted by molar-refractivity contribution is -0.116. The summed E-state index contributed by atoms with van der Waals surface area (Å²) in [5, 5.41) is 4.11. The van der Waals surface area contributed by atoms with Crippen LogP contribution >= 0.6 is 35.0 Å². The van der Waals surface area contributed by atoms with E-state index >= 15 is 0 Å². The molecule has 0 radical (unpaired) electrons. The van der Waals surface area contributed by atoms with E-state index in [1.54, 1.807) is 17.8 Å². The van der Waals surface area contributed by atoms with Crippen molar-refractivity contribution in [2.24, 2.45) is 0 Å². The third-order valence-electron chi connectivity index (χ3n) is 3.06. The molecule has 3 rings (SSSR count). The molecule has 1 atom stereocenters. The van der Waals surface area contributed by atoms with Crippen molar-refractivity contribution in [3.63, 3.8) is 0 Å². The maximum atomic E-state index is 12.0. The average Bonchev–Trinajstić information content (AvgIpc) is 2.55. The number of amides is 1. The van der Waals surface area contributed by atoms with Crippen molar-refractivity contribution in [3.05, 3.63) is 58.1 Å². The Morgan fingerprint density at radius 2 is 1.80 bits per heavy atom. The normalized spacial score (nSPS) is 18.1. The quantitative estimate of drug-likeness (QED) is 0.784. The summed E-state index contributed by atoms with van der Waals surface area (Å²) in [5.41, 5.74) is 1.83. The number of benzene rings is 2. The van der Waals surface area contributed by atoms with Gasteiger partial charge in [-0.05, 0) is 35.9 Å². The second-order valence-corrected chi connectivity index (χ2v) is 6.68. The minimum atomic E-state index is 0.00329. The number of halogens is 2. The van der Waals surface area contributed by atoms with Crippen LogP contribution in [0.5, 0.6) is 0 Å². The number of nitrogens with one attached hydrogen (secondary N) is 1. The molecule has 0 fully saturated rings. The number of hydrogen-bond acceptors (Lipinski definition) is 2. The summed E-state index contributed by atoms with van der Waals surface area (Å²) in [5.74, 6) is 0.00329. The Kier molecular flexibility index (Phi) is 3.92. The minimum absolute atomic E-state index is 0.00329. The fourth-order valence-corrected chi connectivity index (χ4v) is 3.94. The molecule has 1 aliphatic heterocycles. The monoisotopic (exact) mass is 323 g/mol. The lowest BCUT2D eigenvalue weighted by atomic mass is 10.1. The Morgan fingerprint density at radius 3 is 2.55 bits per heavy atom. The van der Waals surface area contributed by atoms with Crippen LogP contribution in [0.4, 0.5) is 5.69 Å². The Balaban J connectivity index is 2.00. The number of anilines is 1. The summed E-state index contributed by atoms with van der Waals surface area (Å²) < 4.78 is 0. The first-order chi connectivity index (χ1) is 9.61. The highest BCUT2D eigenvalue weighted by molar-refractivity contribution is 7.99. The summed E-state index contributed by atoms with van der Waals surface area (Å²) in [7, 11) is 0. The summed E-state index contributed by atoms with van der Waals surface area (Å²) in [6.45, 7) is 0. The first kappa shape index (κ1) is 13.8. The molecule has 0 spiro atoms. The number of carbonyl (C=O) groups is 1. The van der Waals surface area contributed by atoms with E-state index in [-0.39, 0.29) is 11.2 Å². The maximum Gasteiger partial charge on any atom is 0.225 e. The molecule has 0 saturated heterocycles. The first-order valence-electron chi connectivity index (χ1n) is 6.13. The molecule has 2 aromatic carbocycles. The minimum Gasteiger partial charge on any atom is -0.325 e. The predicted octanol–water partition coefficient (Wildman–Crippen LogP) is 5.17. The van der Waals surface area contributed by atoms with Gasteiger partial charge in [-0.3, -0.25) is 4.79 Å². The topological polar surface area (TPSA) is 29.1 Å². The lowest BCUT2D eigenvalue weighted by Crippen LogP contribution is -2.11. The van der Waals surface area contributed by atoms with Gasteiger partial charge in [0.05, 0.1) is 5.69 Å². The van der Waals surface area contributed by atoms with Gasteiger partial charge in [-0.1, -0.05) is 35.3 Å². The molecule has 0 bridgehead atoms. The molecule has 1 N–H and O–H groups in total. The van der Waals surface area contributed by atoms with Crippen molar-refractivity contribution in [2.75, 3.05) is 5.32 Å². The van der Waals surface area contributed by atoms with Crippen LogP contribution in [0.15, 0.2) is 47.4 Å². The van der Waals surface area contributed by atoms with Crippen LogP contribution in [0.2, 0.25) is 10.0 Å². The molecule has 20 heavy (non-hydrogen) atoms. The van der Waals surface area contributed by atoms with Crippen molar-refractivity contribution >= 4 is 46.6 Å². The van der Waals surface area contributed by atoms with Crippen LogP contribution < -0.4 is 5.32 Å². The van der Waals surface area contributed by atoms with Gasteiger partial charge in [-0.25, -0.2) is 0 Å². The number of fused-ring (bicyclic) bond motifs is 1. The van der Waals surface area contributed by atoms with Crippen molar-refractivity contribution in [3.8, 4) is 0 Å². The zero-order chi connectivity index (χ0) is 14.1. The Bertz CT molecular complexity index is 654. The van der Waals surface area contributed by atoms with Crippen molar-refractivity contribution in [1.82, 2.24) is 0 Å². The maximum absolute atomic E-state index is 12.0. The molecule has 2 aromatic rings. The first-order valence-corrected chi connectivity index (χ1v) is 7.77. The van der Waals surface area contributed by atoms with Gasteiger partial charge in [0.2, 0.25) is 5.91 Å². The van der Waals surface area contributed by atoms with Crippen LogP contribution in [0.25, 0.3) is 0 Å². The van der Waals surface area contributed by atoms with Gasteiger partial charge in [0.25, 0.3) is 0 Å². The fourth-order valence-electron chi connectivity index (χ4n) is 2.18. The SMILES string of the molecule is O=C1CC(c2cc(Cl)cc(Cl)c2)Sc2ccccc2N1. The molecule has 0 saturated carbocycles. The van der Waals surface area contributed by atoms with E-state index in [2.05, 4.69) is 5.32 Å². The Hall–Kier alpha value is -1.16. The highest BCUT2D eigenvalue weighted by Crippen LogP contribution is 2.44. The van der Waals surface area contributed by atoms with E-state index in [1.807, 2.05) is 36.4 Å². The predicted molar refractivity (Wildman–Crippen MR) is 84.7 cm³/mol. The number of para-hydroxylation sites is 1. The van der Waals surface area contributed by atoms with Crippen molar-refractivity contribution in [1.29, 1.82) is 0 Å². The lowest BCUT2D eigenvalue weighted by Gasteiger charge is -2.14. The van der Waals surface area contributed by atoms with Crippen LogP contribution in [-0.2, 0) is 4.79 Å². The Morgan fingerprint density at radius 1 is 1.10 bits per heavy atom. The average molecular weight is 324 g/mol. The van der Waals surface area contributed by atoms with Gasteiger partial charge in [0.15, 0.2) is 0 Å². The van der Waals surface area contributed by atoms with E-state index < -0.39 is 0 Å². The molecule has 1 aliphatic rings. The summed E-state index contributed by atoms with van der Waals surface area (Å²) in [6, 6.07) is 13.2. The molecule has 2 nitrogen and oxygen atoms in total. The summed E-state index contributed by atoms with van der Waals surface area (Å²) in [6.07, 6.45) is 0.399. The van der Waals surface area contributed by atoms with Gasteiger partial charge in [-0.15, -0.1) is 11.8 Å². The third-order valence-corrected chi connectivity index (χ3v) is 4.83. The third kappa shape index (κ3) is 2.95. The Labute approximate surface area is 131 Å². The van der Waals surface area contributed by atoms with E-state index in [0.717, 1.165) is 16.1 Å². The van der Waals surface area contributed by atoms with Gasteiger partial charge in [-0.2, -0.15) is 0 Å². The van der Waals surface area contributed by atoms with Crippen LogP contribution in [0, 0.1) is 0 Å². The van der Waals surface area contributed by atoms with Gasteiger partial charge in [0.1, 0.15) is 0 Å². The number of rotatable bonds is 1. The van der Waals surface area contributed by atoms with E-state index in [4.69, 9.17) is 23.2 Å². The van der Waals surface area contributed by atoms with E-state index in [0.29, 0.717) is 16.5 Å². The highest BCUT2D eigenvalue weighted by atomic mass is 35.5. The van der Waals surface area contributed by atoms with Crippen molar-refractivity contribution in [2.45, 2.75) is 16.6 Å². The molecule has 102 valence electrons. The van der Waals surface area contributed by atoms with E-state index in [9.17, 15) is 4.79 Å². The van der Waals surface area contributed by atoms with E-state index in [1.165, 1.54) is 0 Å². The zero-order valence-electron chi connectivity index (χ0n) is 10.4. The fraction of sp³-hybridized carbons (Fsp3) is 0.133. The van der Waals surface area contributed by atoms with Gasteiger partial charge >= 0.3 is 0 Å². The molecule has 1 heterocycles. The molecule has 1 amide bonds. The van der Waals surface area contributed by atoms with Gasteiger partial charge in [0, 0.05) is 26.6 Å². The largest absolute Gasteiger partial charge is 0.325 e. The van der Waals surface area contributed by atoms with Gasteiger partial charge < -0.3 is 5.32 Å². The number of carbonyl (C=O) groups excluding carboxylic acids is 1. The van der Waals surface area contributed by atoms with Crippen LogP contribution in [0.1, 0.15) is 17.2 Å². The highest BCUT2D eigenvalue weighted by Gasteiger charge is 2.23.